The molecule has 0 radical (unpaired) electrons. The van der Waals surface area contributed by atoms with Crippen LogP contribution in [0.4, 0.5) is 0 Å². The van der Waals surface area contributed by atoms with Crippen molar-refractivity contribution in [2.75, 3.05) is 26.7 Å². The number of hydrogen-bond donors (Lipinski definition) is 2. The van der Waals surface area contributed by atoms with Crippen LogP contribution in [-0.4, -0.2) is 32.8 Å². The zero-order chi connectivity index (χ0) is 14.0. The third-order valence-electron chi connectivity index (χ3n) is 4.57. The van der Waals surface area contributed by atoms with Gasteiger partial charge in [-0.1, -0.05) is 6.07 Å². The number of piperidine rings is 1. The first-order valence-electron chi connectivity index (χ1n) is 7.53. The normalized spacial score (nSPS) is 24.2. The standard InChI is InChI=1S/C16H24N2O2/c1-19-14-5-4-12(16(11-17)6-7-16)9-15(14)20-13-3-2-8-18-10-13/h4-5,9,13,18H,2-3,6-8,10-11,17H2,1H3. The summed E-state index contributed by atoms with van der Waals surface area (Å²) in [6, 6.07) is 6.27. The van der Waals surface area contributed by atoms with Crippen molar-refractivity contribution >= 4 is 0 Å². The predicted molar refractivity (Wildman–Crippen MR) is 79.5 cm³/mol. The van der Waals surface area contributed by atoms with Crippen LogP contribution in [0.3, 0.4) is 0 Å². The second-order valence-electron chi connectivity index (χ2n) is 5.94. The van der Waals surface area contributed by atoms with E-state index >= 15 is 0 Å². The highest BCUT2D eigenvalue weighted by molar-refractivity contribution is 5.47. The molecule has 2 fully saturated rings. The first-order valence-corrected chi connectivity index (χ1v) is 7.53. The fraction of sp³-hybridized carbons (Fsp3) is 0.625. The molecule has 4 nitrogen and oxygen atoms in total. The van der Waals surface area contributed by atoms with Gasteiger partial charge >= 0.3 is 0 Å². The van der Waals surface area contributed by atoms with E-state index in [-0.39, 0.29) is 11.5 Å². The van der Waals surface area contributed by atoms with Gasteiger partial charge < -0.3 is 20.5 Å². The zero-order valence-corrected chi connectivity index (χ0v) is 12.2. The molecular formula is C16H24N2O2. The molecule has 1 heterocycles. The molecule has 3 N–H and O–H groups in total. The van der Waals surface area contributed by atoms with E-state index in [0.717, 1.165) is 31.0 Å². The summed E-state index contributed by atoms with van der Waals surface area (Å²) in [6.07, 6.45) is 4.86. The summed E-state index contributed by atoms with van der Waals surface area (Å²) in [5, 5.41) is 3.38. The quantitative estimate of drug-likeness (QED) is 0.861. The molecule has 1 unspecified atom stereocenters. The molecule has 3 rings (SSSR count). The number of rotatable bonds is 5. The van der Waals surface area contributed by atoms with Gasteiger partial charge in [0.2, 0.25) is 0 Å². The second-order valence-corrected chi connectivity index (χ2v) is 5.94. The summed E-state index contributed by atoms with van der Waals surface area (Å²) in [6.45, 7) is 2.71. The molecule has 20 heavy (non-hydrogen) atoms. The first-order chi connectivity index (χ1) is 9.77. The molecule has 1 aliphatic heterocycles. The number of nitrogens with two attached hydrogens (primary N) is 1. The molecule has 4 heteroatoms. The number of ether oxygens (including phenoxy) is 2. The third kappa shape index (κ3) is 2.63. The average Bonchev–Trinajstić information content (AvgIpc) is 3.29. The Kier molecular flexibility index (Phi) is 3.85. The van der Waals surface area contributed by atoms with Crippen molar-refractivity contribution in [3.63, 3.8) is 0 Å². The molecule has 1 saturated carbocycles. The fourth-order valence-corrected chi connectivity index (χ4v) is 2.96. The molecule has 1 atom stereocenters. The molecule has 1 saturated heterocycles. The Labute approximate surface area is 120 Å². The van der Waals surface area contributed by atoms with E-state index in [1.807, 2.05) is 6.07 Å². The predicted octanol–water partition coefficient (Wildman–Crippen LogP) is 1.82. The summed E-state index contributed by atoms with van der Waals surface area (Å²) in [7, 11) is 1.69. The molecule has 110 valence electrons. The van der Waals surface area contributed by atoms with Crippen molar-refractivity contribution in [3.8, 4) is 11.5 Å². The molecule has 0 aromatic heterocycles. The van der Waals surface area contributed by atoms with Crippen LogP contribution in [0.5, 0.6) is 11.5 Å². The number of hydrogen-bond acceptors (Lipinski definition) is 4. The van der Waals surface area contributed by atoms with Crippen molar-refractivity contribution in [1.82, 2.24) is 5.32 Å². The zero-order valence-electron chi connectivity index (χ0n) is 12.2. The van der Waals surface area contributed by atoms with Crippen LogP contribution in [0, 0.1) is 0 Å². The molecule has 1 aromatic carbocycles. The lowest BCUT2D eigenvalue weighted by Crippen LogP contribution is -2.37. The van der Waals surface area contributed by atoms with Gasteiger partial charge in [0.15, 0.2) is 11.5 Å². The number of methoxy groups -OCH3 is 1. The Balaban J connectivity index is 1.81. The molecule has 0 spiro atoms. The first kappa shape index (κ1) is 13.7. The van der Waals surface area contributed by atoms with Crippen LogP contribution in [0.2, 0.25) is 0 Å². The van der Waals surface area contributed by atoms with Crippen molar-refractivity contribution in [3.05, 3.63) is 23.8 Å². The summed E-state index contributed by atoms with van der Waals surface area (Å²) in [5.41, 5.74) is 7.40. The highest BCUT2D eigenvalue weighted by Gasteiger charge is 2.43. The fourth-order valence-electron chi connectivity index (χ4n) is 2.96. The van der Waals surface area contributed by atoms with Gasteiger partial charge in [0.1, 0.15) is 6.10 Å². The maximum atomic E-state index is 6.16. The van der Waals surface area contributed by atoms with Crippen LogP contribution in [-0.2, 0) is 5.41 Å². The SMILES string of the molecule is COc1ccc(C2(CN)CC2)cc1OC1CCCNC1. The minimum Gasteiger partial charge on any atom is -0.493 e. The van der Waals surface area contributed by atoms with E-state index in [1.54, 1.807) is 7.11 Å². The highest BCUT2D eigenvalue weighted by atomic mass is 16.5. The summed E-state index contributed by atoms with van der Waals surface area (Å²) in [4.78, 5) is 0. The van der Waals surface area contributed by atoms with Crippen LogP contribution < -0.4 is 20.5 Å². The van der Waals surface area contributed by atoms with Crippen LogP contribution in [0.25, 0.3) is 0 Å². The minimum atomic E-state index is 0.190. The Morgan fingerprint density at radius 3 is 2.80 bits per heavy atom. The largest absolute Gasteiger partial charge is 0.493 e. The van der Waals surface area contributed by atoms with Gasteiger partial charge in [-0.3, -0.25) is 0 Å². The van der Waals surface area contributed by atoms with Gasteiger partial charge in [-0.25, -0.2) is 0 Å². The van der Waals surface area contributed by atoms with E-state index < -0.39 is 0 Å². The van der Waals surface area contributed by atoms with Gasteiger partial charge in [0.05, 0.1) is 7.11 Å². The molecule has 1 aliphatic carbocycles. The highest BCUT2D eigenvalue weighted by Crippen LogP contribution is 2.49. The van der Waals surface area contributed by atoms with E-state index in [0.29, 0.717) is 6.54 Å². The van der Waals surface area contributed by atoms with Gasteiger partial charge in [0.25, 0.3) is 0 Å². The lowest BCUT2D eigenvalue weighted by Gasteiger charge is -2.25. The Morgan fingerprint density at radius 1 is 1.35 bits per heavy atom. The Bertz CT molecular complexity index is 466. The monoisotopic (exact) mass is 276 g/mol. The molecule has 2 aliphatic rings. The van der Waals surface area contributed by atoms with E-state index in [1.165, 1.54) is 24.8 Å². The summed E-state index contributed by atoms with van der Waals surface area (Å²) in [5.74, 6) is 1.67. The van der Waals surface area contributed by atoms with Crippen LogP contribution >= 0.6 is 0 Å². The Hall–Kier alpha value is -1.26. The van der Waals surface area contributed by atoms with Crippen molar-refractivity contribution < 1.29 is 9.47 Å². The van der Waals surface area contributed by atoms with Gasteiger partial charge in [-0.15, -0.1) is 0 Å². The van der Waals surface area contributed by atoms with Crippen molar-refractivity contribution in [2.45, 2.75) is 37.2 Å². The summed E-state index contributed by atoms with van der Waals surface area (Å²) >= 11 is 0. The van der Waals surface area contributed by atoms with Gasteiger partial charge in [-0.2, -0.15) is 0 Å². The summed E-state index contributed by atoms with van der Waals surface area (Å²) < 4.78 is 11.6. The van der Waals surface area contributed by atoms with Crippen molar-refractivity contribution in [2.24, 2.45) is 5.73 Å². The van der Waals surface area contributed by atoms with E-state index in [4.69, 9.17) is 15.2 Å². The van der Waals surface area contributed by atoms with Gasteiger partial charge in [-0.05, 0) is 49.9 Å². The lowest BCUT2D eigenvalue weighted by molar-refractivity contribution is 0.161. The Morgan fingerprint density at radius 2 is 2.20 bits per heavy atom. The second kappa shape index (κ2) is 5.62. The molecule has 0 amide bonds. The van der Waals surface area contributed by atoms with E-state index in [9.17, 15) is 0 Å². The third-order valence-corrected chi connectivity index (χ3v) is 4.57. The molecule has 1 aromatic rings. The number of nitrogens with one attached hydrogen (secondary N) is 1. The molecular weight excluding hydrogens is 252 g/mol. The van der Waals surface area contributed by atoms with Crippen molar-refractivity contribution in [1.29, 1.82) is 0 Å². The molecule has 0 bridgehead atoms. The van der Waals surface area contributed by atoms with Gasteiger partial charge in [0, 0.05) is 18.5 Å². The number of benzene rings is 1. The van der Waals surface area contributed by atoms with E-state index in [2.05, 4.69) is 17.4 Å². The maximum Gasteiger partial charge on any atom is 0.161 e. The van der Waals surface area contributed by atoms with Crippen LogP contribution in [0.15, 0.2) is 18.2 Å². The topological polar surface area (TPSA) is 56.5 Å². The lowest BCUT2D eigenvalue weighted by atomic mass is 9.96. The minimum absolute atomic E-state index is 0.190. The maximum absolute atomic E-state index is 6.16. The smallest absolute Gasteiger partial charge is 0.161 e. The average molecular weight is 276 g/mol. The van der Waals surface area contributed by atoms with Crippen LogP contribution in [0.1, 0.15) is 31.2 Å².